The Morgan fingerprint density at radius 3 is 2.70 bits per heavy atom. The number of nitrogens with one attached hydrogen (secondary N) is 1. The van der Waals surface area contributed by atoms with Crippen molar-refractivity contribution in [2.45, 2.75) is 37.7 Å². The van der Waals surface area contributed by atoms with Crippen LogP contribution in [0.1, 0.15) is 32.1 Å². The van der Waals surface area contributed by atoms with E-state index in [0.717, 1.165) is 36.4 Å². The fourth-order valence-electron chi connectivity index (χ4n) is 3.10. The maximum Gasteiger partial charge on any atom is 0.193 e. The van der Waals surface area contributed by atoms with Crippen LogP contribution in [-0.4, -0.2) is 38.4 Å². The van der Waals surface area contributed by atoms with Gasteiger partial charge in [0.05, 0.1) is 25.4 Å². The number of aliphatic imine (C=N–C) groups is 1. The molecule has 3 rings (SSSR count). The van der Waals surface area contributed by atoms with E-state index in [1.54, 1.807) is 7.11 Å². The van der Waals surface area contributed by atoms with E-state index in [9.17, 15) is 0 Å². The molecule has 1 aliphatic carbocycles. The van der Waals surface area contributed by atoms with Crippen molar-refractivity contribution in [1.82, 2.24) is 0 Å². The Balaban J connectivity index is 1.64. The second-order valence-corrected chi connectivity index (χ2v) is 6.13. The molecule has 6 nitrogen and oxygen atoms in total. The van der Waals surface area contributed by atoms with Gasteiger partial charge in [0.2, 0.25) is 0 Å². The second kappa shape index (κ2) is 7.08. The molecule has 0 unspecified atom stereocenters. The first-order valence-electron chi connectivity index (χ1n) is 8.23. The molecule has 1 aromatic rings. The zero-order valence-corrected chi connectivity index (χ0v) is 13.6. The van der Waals surface area contributed by atoms with Crippen molar-refractivity contribution in [3.8, 4) is 11.5 Å². The average molecular weight is 319 g/mol. The van der Waals surface area contributed by atoms with Gasteiger partial charge < -0.3 is 25.3 Å². The molecule has 1 saturated carbocycles. The fraction of sp³-hybridized carbons (Fsp3) is 0.588. The van der Waals surface area contributed by atoms with Crippen LogP contribution in [0.3, 0.4) is 0 Å². The summed E-state index contributed by atoms with van der Waals surface area (Å²) < 4.78 is 17.0. The van der Waals surface area contributed by atoms with Crippen LogP contribution in [0, 0.1) is 0 Å². The molecule has 0 radical (unpaired) electrons. The lowest BCUT2D eigenvalue weighted by molar-refractivity contribution is 0.00429. The summed E-state index contributed by atoms with van der Waals surface area (Å²) >= 11 is 0. The third-order valence-electron chi connectivity index (χ3n) is 4.51. The molecule has 0 amide bonds. The molecule has 1 aromatic carbocycles. The molecule has 2 aliphatic rings. The minimum Gasteiger partial charge on any atom is -0.490 e. The van der Waals surface area contributed by atoms with Crippen molar-refractivity contribution in [2.24, 2.45) is 10.7 Å². The predicted octanol–water partition coefficient (Wildman–Crippen LogP) is 2.53. The smallest absolute Gasteiger partial charge is 0.193 e. The number of hydrogen-bond acceptors (Lipinski definition) is 4. The van der Waals surface area contributed by atoms with Crippen molar-refractivity contribution in [1.29, 1.82) is 0 Å². The highest BCUT2D eigenvalue weighted by molar-refractivity contribution is 5.92. The van der Waals surface area contributed by atoms with Crippen LogP contribution < -0.4 is 20.5 Å². The van der Waals surface area contributed by atoms with Crippen LogP contribution in [-0.2, 0) is 4.74 Å². The van der Waals surface area contributed by atoms with Crippen LogP contribution in [0.15, 0.2) is 23.2 Å². The molecule has 0 atom stereocenters. The summed E-state index contributed by atoms with van der Waals surface area (Å²) in [5.41, 5.74) is 6.71. The normalized spacial score (nSPS) is 20.1. The largest absolute Gasteiger partial charge is 0.490 e. The molecule has 0 bridgehead atoms. The van der Waals surface area contributed by atoms with Crippen LogP contribution in [0.2, 0.25) is 0 Å². The third kappa shape index (κ3) is 3.88. The summed E-state index contributed by atoms with van der Waals surface area (Å²) in [4.78, 5) is 4.46. The van der Waals surface area contributed by atoms with E-state index in [0.29, 0.717) is 25.7 Å². The van der Waals surface area contributed by atoms with Gasteiger partial charge >= 0.3 is 0 Å². The molecule has 0 aromatic heterocycles. The number of methoxy groups -OCH3 is 1. The second-order valence-electron chi connectivity index (χ2n) is 6.13. The van der Waals surface area contributed by atoms with E-state index in [1.165, 1.54) is 12.8 Å². The number of nitrogens with two attached hydrogens (primary N) is 1. The number of fused-ring (bicyclic) bond motifs is 1. The van der Waals surface area contributed by atoms with Crippen molar-refractivity contribution in [2.75, 3.05) is 32.2 Å². The average Bonchev–Trinajstić information content (AvgIpc) is 2.92. The monoisotopic (exact) mass is 319 g/mol. The van der Waals surface area contributed by atoms with Crippen molar-refractivity contribution < 1.29 is 14.2 Å². The summed E-state index contributed by atoms with van der Waals surface area (Å²) in [6, 6.07) is 5.70. The lowest BCUT2D eigenvalue weighted by atomic mass is 10.0. The van der Waals surface area contributed by atoms with Crippen molar-refractivity contribution >= 4 is 11.6 Å². The molecule has 6 heteroatoms. The minimum atomic E-state index is -0.142. The van der Waals surface area contributed by atoms with Crippen molar-refractivity contribution in [3.63, 3.8) is 0 Å². The van der Waals surface area contributed by atoms with E-state index < -0.39 is 0 Å². The number of guanidine groups is 1. The quantitative estimate of drug-likeness (QED) is 0.658. The van der Waals surface area contributed by atoms with E-state index in [4.69, 9.17) is 19.9 Å². The minimum absolute atomic E-state index is 0.142. The molecule has 1 heterocycles. The zero-order valence-electron chi connectivity index (χ0n) is 13.6. The Kier molecular flexibility index (Phi) is 4.91. The number of anilines is 1. The van der Waals surface area contributed by atoms with E-state index in [2.05, 4.69) is 10.3 Å². The highest BCUT2D eigenvalue weighted by Gasteiger charge is 2.33. The lowest BCUT2D eigenvalue weighted by Crippen LogP contribution is -2.33. The number of hydrogen-bond donors (Lipinski definition) is 2. The summed E-state index contributed by atoms with van der Waals surface area (Å²) in [7, 11) is 1.76. The standard InChI is InChI=1S/C17H25N3O3/c1-21-17(7-2-3-8-17)12-19-16(18)20-13-5-6-14-15(11-13)23-10-4-9-22-14/h5-6,11H,2-4,7-10,12H2,1H3,(H3,18,19,20). The number of benzene rings is 1. The Morgan fingerprint density at radius 2 is 1.96 bits per heavy atom. The van der Waals surface area contributed by atoms with Gasteiger partial charge in [-0.2, -0.15) is 0 Å². The van der Waals surface area contributed by atoms with Gasteiger partial charge in [-0.3, -0.25) is 4.99 Å². The molecule has 0 spiro atoms. The van der Waals surface area contributed by atoms with E-state index in [1.807, 2.05) is 18.2 Å². The van der Waals surface area contributed by atoms with Gasteiger partial charge in [0, 0.05) is 25.3 Å². The lowest BCUT2D eigenvalue weighted by Gasteiger charge is -2.25. The Labute approximate surface area is 137 Å². The SMILES string of the molecule is COC1(CN=C(N)Nc2ccc3c(c2)OCCCO3)CCCC1. The van der Waals surface area contributed by atoms with Gasteiger partial charge in [0.1, 0.15) is 0 Å². The van der Waals surface area contributed by atoms with Gasteiger partial charge in [-0.05, 0) is 25.0 Å². The van der Waals surface area contributed by atoms with Crippen LogP contribution in [0.25, 0.3) is 0 Å². The van der Waals surface area contributed by atoms with Crippen molar-refractivity contribution in [3.05, 3.63) is 18.2 Å². The number of ether oxygens (including phenoxy) is 3. The summed E-state index contributed by atoms with van der Waals surface area (Å²) in [6.07, 6.45) is 5.37. The van der Waals surface area contributed by atoms with Gasteiger partial charge in [-0.25, -0.2) is 0 Å². The Hall–Kier alpha value is -1.95. The molecule has 1 aliphatic heterocycles. The first kappa shape index (κ1) is 15.9. The highest BCUT2D eigenvalue weighted by Crippen LogP contribution is 2.33. The summed E-state index contributed by atoms with van der Waals surface area (Å²) in [5.74, 6) is 1.90. The fourth-order valence-corrected chi connectivity index (χ4v) is 3.10. The third-order valence-corrected chi connectivity index (χ3v) is 4.51. The molecular weight excluding hydrogens is 294 g/mol. The van der Waals surface area contributed by atoms with Crippen LogP contribution >= 0.6 is 0 Å². The molecular formula is C17H25N3O3. The molecule has 1 fully saturated rings. The number of rotatable bonds is 4. The Bertz CT molecular complexity index is 568. The van der Waals surface area contributed by atoms with Gasteiger partial charge in [0.15, 0.2) is 17.5 Å². The molecule has 23 heavy (non-hydrogen) atoms. The molecule has 0 saturated heterocycles. The van der Waals surface area contributed by atoms with Gasteiger partial charge in [0.25, 0.3) is 0 Å². The van der Waals surface area contributed by atoms with Crippen LogP contribution in [0.5, 0.6) is 11.5 Å². The van der Waals surface area contributed by atoms with Gasteiger partial charge in [-0.15, -0.1) is 0 Å². The van der Waals surface area contributed by atoms with Crippen LogP contribution in [0.4, 0.5) is 5.69 Å². The summed E-state index contributed by atoms with van der Waals surface area (Å²) in [6.45, 7) is 1.94. The van der Waals surface area contributed by atoms with E-state index >= 15 is 0 Å². The van der Waals surface area contributed by atoms with Gasteiger partial charge in [-0.1, -0.05) is 12.8 Å². The molecule has 126 valence electrons. The first-order valence-corrected chi connectivity index (χ1v) is 8.23. The predicted molar refractivity (Wildman–Crippen MR) is 90.4 cm³/mol. The van der Waals surface area contributed by atoms with E-state index in [-0.39, 0.29) is 5.60 Å². The highest BCUT2D eigenvalue weighted by atomic mass is 16.5. The zero-order chi connectivity index (χ0) is 16.1. The topological polar surface area (TPSA) is 78.1 Å². The maximum absolute atomic E-state index is 6.02. The maximum atomic E-state index is 6.02. The Morgan fingerprint density at radius 1 is 1.22 bits per heavy atom. The number of nitrogens with zero attached hydrogens (tertiary/aromatic N) is 1. The first-order chi connectivity index (χ1) is 11.2. The summed E-state index contributed by atoms with van der Waals surface area (Å²) in [5, 5.41) is 3.11. The molecule has 3 N–H and O–H groups in total.